The Morgan fingerprint density at radius 1 is 1.38 bits per heavy atom. The van der Waals surface area contributed by atoms with Gasteiger partial charge in [0.15, 0.2) is 11.3 Å². The minimum atomic E-state index is -4.42. The zero-order chi connectivity index (χ0) is 11.3. The molecule has 1 aliphatic rings. The van der Waals surface area contributed by atoms with Gasteiger partial charge in [0.1, 0.15) is 0 Å². The van der Waals surface area contributed by atoms with Gasteiger partial charge in [0.2, 0.25) is 0 Å². The number of alkyl halides is 3. The van der Waals surface area contributed by atoms with Crippen LogP contribution in [0.25, 0.3) is 5.65 Å². The molecule has 7 heteroatoms. The molecule has 2 aromatic heterocycles. The SMILES string of the molecule is FC(F)(F)c1cc2ncc3c(n2n1)CCN3. The van der Waals surface area contributed by atoms with Crippen LogP contribution in [0, 0.1) is 0 Å². The van der Waals surface area contributed by atoms with Crippen molar-refractivity contribution >= 4 is 11.3 Å². The average molecular weight is 228 g/mol. The van der Waals surface area contributed by atoms with Crippen molar-refractivity contribution in [1.82, 2.24) is 14.6 Å². The molecular weight excluding hydrogens is 221 g/mol. The first-order chi connectivity index (χ1) is 7.55. The van der Waals surface area contributed by atoms with E-state index in [1.54, 1.807) is 6.20 Å². The first-order valence-electron chi connectivity index (χ1n) is 4.74. The Balaban J connectivity index is 2.26. The molecule has 3 heterocycles. The van der Waals surface area contributed by atoms with Gasteiger partial charge in [-0.3, -0.25) is 0 Å². The lowest BCUT2D eigenvalue weighted by Gasteiger charge is -2.01. The second-order valence-electron chi connectivity index (χ2n) is 3.59. The van der Waals surface area contributed by atoms with Crippen LogP contribution >= 0.6 is 0 Å². The van der Waals surface area contributed by atoms with Crippen LogP contribution in [0.5, 0.6) is 0 Å². The topological polar surface area (TPSA) is 42.2 Å². The minimum Gasteiger partial charge on any atom is -0.382 e. The van der Waals surface area contributed by atoms with Crippen molar-refractivity contribution in [2.24, 2.45) is 0 Å². The van der Waals surface area contributed by atoms with E-state index in [-0.39, 0.29) is 5.65 Å². The number of nitrogens with one attached hydrogen (secondary N) is 1. The Morgan fingerprint density at radius 3 is 2.94 bits per heavy atom. The molecule has 0 radical (unpaired) electrons. The molecule has 1 N–H and O–H groups in total. The third kappa shape index (κ3) is 1.24. The maximum atomic E-state index is 12.5. The Labute approximate surface area is 88.1 Å². The number of halogens is 3. The Bertz CT molecular complexity index is 558. The first-order valence-corrected chi connectivity index (χ1v) is 4.74. The standard InChI is InChI=1S/C9H7F3N4/c10-9(11,12)7-3-8-14-4-5-6(1-2-13-5)16(8)15-7/h3-4,13H,1-2H2. The molecule has 16 heavy (non-hydrogen) atoms. The smallest absolute Gasteiger partial charge is 0.382 e. The molecule has 1 aliphatic heterocycles. The fourth-order valence-corrected chi connectivity index (χ4v) is 1.82. The number of hydrogen-bond donors (Lipinski definition) is 1. The lowest BCUT2D eigenvalue weighted by molar-refractivity contribution is -0.141. The van der Waals surface area contributed by atoms with Gasteiger partial charge in [-0.2, -0.15) is 18.3 Å². The van der Waals surface area contributed by atoms with Crippen LogP contribution in [0.2, 0.25) is 0 Å². The second-order valence-corrected chi connectivity index (χ2v) is 3.59. The summed E-state index contributed by atoms with van der Waals surface area (Å²) in [6, 6.07) is 0.957. The highest BCUT2D eigenvalue weighted by Gasteiger charge is 2.34. The molecule has 0 bridgehead atoms. The van der Waals surface area contributed by atoms with E-state index in [0.29, 0.717) is 13.0 Å². The van der Waals surface area contributed by atoms with Gasteiger partial charge in [0.25, 0.3) is 0 Å². The van der Waals surface area contributed by atoms with E-state index >= 15 is 0 Å². The van der Waals surface area contributed by atoms with Crippen molar-refractivity contribution < 1.29 is 13.2 Å². The summed E-state index contributed by atoms with van der Waals surface area (Å²) in [5.41, 5.74) is 0.833. The van der Waals surface area contributed by atoms with Crippen LogP contribution in [-0.4, -0.2) is 21.1 Å². The Hall–Kier alpha value is -1.79. The molecule has 0 fully saturated rings. The van der Waals surface area contributed by atoms with E-state index in [0.717, 1.165) is 17.4 Å². The van der Waals surface area contributed by atoms with Gasteiger partial charge in [0, 0.05) is 19.0 Å². The summed E-state index contributed by atoms with van der Waals surface area (Å²) in [5, 5.41) is 6.58. The zero-order valence-electron chi connectivity index (χ0n) is 8.04. The van der Waals surface area contributed by atoms with Gasteiger partial charge >= 0.3 is 6.18 Å². The van der Waals surface area contributed by atoms with Gasteiger partial charge in [0.05, 0.1) is 17.6 Å². The molecule has 0 saturated carbocycles. The maximum Gasteiger partial charge on any atom is 0.435 e. The summed E-state index contributed by atoms with van der Waals surface area (Å²) < 4.78 is 38.6. The van der Waals surface area contributed by atoms with Crippen LogP contribution in [0.4, 0.5) is 18.9 Å². The summed E-state index contributed by atoms with van der Waals surface area (Å²) in [6.45, 7) is 0.706. The Morgan fingerprint density at radius 2 is 2.19 bits per heavy atom. The largest absolute Gasteiger partial charge is 0.435 e. The number of anilines is 1. The van der Waals surface area contributed by atoms with Gasteiger partial charge in [-0.1, -0.05) is 0 Å². The first kappa shape index (κ1) is 9.44. The monoisotopic (exact) mass is 228 g/mol. The lowest BCUT2D eigenvalue weighted by Crippen LogP contribution is -2.06. The molecule has 0 spiro atoms. The highest BCUT2D eigenvalue weighted by Crippen LogP contribution is 2.30. The fraction of sp³-hybridized carbons (Fsp3) is 0.333. The lowest BCUT2D eigenvalue weighted by atomic mass is 10.3. The minimum absolute atomic E-state index is 0.231. The number of rotatable bonds is 0. The molecular formula is C9H7F3N4. The van der Waals surface area contributed by atoms with E-state index in [1.165, 1.54) is 4.52 Å². The molecule has 0 aromatic carbocycles. The molecule has 0 unspecified atom stereocenters. The highest BCUT2D eigenvalue weighted by atomic mass is 19.4. The molecule has 0 saturated heterocycles. The summed E-state index contributed by atoms with van der Waals surface area (Å²) in [5.74, 6) is 0. The van der Waals surface area contributed by atoms with Crippen LogP contribution in [0.3, 0.4) is 0 Å². The van der Waals surface area contributed by atoms with Crippen molar-refractivity contribution in [3.8, 4) is 0 Å². The van der Waals surface area contributed by atoms with Crippen molar-refractivity contribution in [3.05, 3.63) is 23.7 Å². The number of hydrogen-bond acceptors (Lipinski definition) is 3. The van der Waals surface area contributed by atoms with Crippen LogP contribution in [0.1, 0.15) is 11.4 Å². The summed E-state index contributed by atoms with van der Waals surface area (Å²) in [7, 11) is 0. The van der Waals surface area contributed by atoms with Crippen molar-refractivity contribution in [2.75, 3.05) is 11.9 Å². The number of fused-ring (bicyclic) bond motifs is 3. The summed E-state index contributed by atoms with van der Waals surface area (Å²) in [6.07, 6.45) is -2.22. The second kappa shape index (κ2) is 2.87. The van der Waals surface area contributed by atoms with Crippen LogP contribution in [-0.2, 0) is 12.6 Å². The van der Waals surface area contributed by atoms with Gasteiger partial charge < -0.3 is 5.32 Å². The molecule has 0 amide bonds. The van der Waals surface area contributed by atoms with Gasteiger partial charge in [-0.25, -0.2) is 9.50 Å². The van der Waals surface area contributed by atoms with Crippen molar-refractivity contribution in [3.63, 3.8) is 0 Å². The maximum absolute atomic E-state index is 12.5. The van der Waals surface area contributed by atoms with Crippen LogP contribution < -0.4 is 5.32 Å². The van der Waals surface area contributed by atoms with E-state index in [4.69, 9.17) is 0 Å². The summed E-state index contributed by atoms with van der Waals surface area (Å²) >= 11 is 0. The number of aromatic nitrogens is 3. The van der Waals surface area contributed by atoms with E-state index < -0.39 is 11.9 Å². The van der Waals surface area contributed by atoms with Gasteiger partial charge in [-0.05, 0) is 0 Å². The average Bonchev–Trinajstić information content (AvgIpc) is 2.81. The van der Waals surface area contributed by atoms with Gasteiger partial charge in [-0.15, -0.1) is 0 Å². The molecule has 0 atom stereocenters. The van der Waals surface area contributed by atoms with Crippen molar-refractivity contribution in [2.45, 2.75) is 12.6 Å². The Kier molecular flexibility index (Phi) is 1.69. The summed E-state index contributed by atoms with van der Waals surface area (Å²) in [4.78, 5) is 3.92. The third-order valence-electron chi connectivity index (χ3n) is 2.55. The molecule has 0 aliphatic carbocycles. The third-order valence-corrected chi connectivity index (χ3v) is 2.55. The highest BCUT2D eigenvalue weighted by molar-refractivity contribution is 5.56. The normalized spacial score (nSPS) is 15.2. The predicted octanol–water partition coefficient (Wildman–Crippen LogP) is 1.72. The van der Waals surface area contributed by atoms with Crippen LogP contribution in [0.15, 0.2) is 12.3 Å². The molecule has 4 nitrogen and oxygen atoms in total. The molecule has 3 rings (SSSR count). The van der Waals surface area contributed by atoms with E-state index in [2.05, 4.69) is 15.4 Å². The quantitative estimate of drug-likeness (QED) is 0.746. The van der Waals surface area contributed by atoms with E-state index in [1.807, 2.05) is 0 Å². The van der Waals surface area contributed by atoms with E-state index in [9.17, 15) is 13.2 Å². The zero-order valence-corrected chi connectivity index (χ0v) is 8.04. The molecule has 2 aromatic rings. The number of nitrogens with zero attached hydrogens (tertiary/aromatic N) is 3. The predicted molar refractivity (Wildman–Crippen MR) is 50.2 cm³/mol. The fourth-order valence-electron chi connectivity index (χ4n) is 1.82. The molecule has 84 valence electrons. The van der Waals surface area contributed by atoms with Crippen molar-refractivity contribution in [1.29, 1.82) is 0 Å².